The van der Waals surface area contributed by atoms with Gasteiger partial charge in [-0.05, 0) is 42.0 Å². The summed E-state index contributed by atoms with van der Waals surface area (Å²) < 4.78 is 46.1. The lowest BCUT2D eigenvalue weighted by Gasteiger charge is -2.28. The molecule has 5 aromatic rings. The molecule has 0 saturated carbocycles. The maximum Gasteiger partial charge on any atom is 0.416 e. The van der Waals surface area contributed by atoms with Crippen LogP contribution in [0.1, 0.15) is 32.7 Å². The molecule has 0 spiro atoms. The molecular formula is C30H24F3N5O3S. The number of para-hydroxylation sites is 1. The number of halogens is 3. The summed E-state index contributed by atoms with van der Waals surface area (Å²) in [6.45, 7) is 0.659. The number of nitrogens with one attached hydrogen (secondary N) is 1. The Labute approximate surface area is 242 Å². The number of alkyl halides is 3. The molecule has 3 heterocycles. The topological polar surface area (TPSA) is 93.1 Å². The lowest BCUT2D eigenvalue weighted by atomic mass is 10.1. The second-order valence-electron chi connectivity index (χ2n) is 9.69. The summed E-state index contributed by atoms with van der Waals surface area (Å²) in [4.78, 5) is 40.5. The number of esters is 1. The second-order valence-corrected chi connectivity index (χ2v) is 10.6. The second kappa shape index (κ2) is 11.0. The SMILES string of the molecule is COC(=O)c1ccccc1CSc1nc2c(c(=O)n1-c1ccccc1)CN(c1nc3ccc(C(F)(F)F)cc3[nH]1)CC2. The Morgan fingerprint density at radius 2 is 1.81 bits per heavy atom. The first-order chi connectivity index (χ1) is 20.2. The fourth-order valence-corrected chi connectivity index (χ4v) is 5.99. The molecule has 0 aliphatic carbocycles. The number of benzene rings is 3. The number of ether oxygens (including phenoxy) is 1. The van der Waals surface area contributed by atoms with E-state index in [-0.39, 0.29) is 17.6 Å². The normalized spacial score (nSPS) is 13.3. The number of thioether (sulfide) groups is 1. The number of rotatable bonds is 6. The Bertz CT molecular complexity index is 1850. The molecule has 6 rings (SSSR count). The number of anilines is 1. The van der Waals surface area contributed by atoms with Crippen LogP contribution in [0, 0.1) is 0 Å². The van der Waals surface area contributed by atoms with E-state index in [0.717, 1.165) is 17.7 Å². The van der Waals surface area contributed by atoms with Crippen LogP contribution in [0.15, 0.2) is 82.7 Å². The van der Waals surface area contributed by atoms with Crippen LogP contribution in [-0.4, -0.2) is 39.1 Å². The molecule has 0 amide bonds. The predicted octanol–water partition coefficient (Wildman–Crippen LogP) is 5.77. The first-order valence-electron chi connectivity index (χ1n) is 13.0. The number of carbonyl (C=O) groups is 1. The van der Waals surface area contributed by atoms with Crippen molar-refractivity contribution >= 4 is 34.7 Å². The monoisotopic (exact) mass is 591 g/mol. The van der Waals surface area contributed by atoms with Gasteiger partial charge >= 0.3 is 12.1 Å². The van der Waals surface area contributed by atoms with E-state index in [1.807, 2.05) is 47.4 Å². The molecule has 0 atom stereocenters. The number of imidazole rings is 1. The Morgan fingerprint density at radius 1 is 1.05 bits per heavy atom. The fourth-order valence-electron chi connectivity index (χ4n) is 4.96. The molecule has 0 saturated heterocycles. The number of aromatic amines is 1. The maximum atomic E-state index is 14.0. The van der Waals surface area contributed by atoms with E-state index in [1.165, 1.54) is 24.9 Å². The quantitative estimate of drug-likeness (QED) is 0.152. The first-order valence-corrected chi connectivity index (χ1v) is 14.0. The maximum absolute atomic E-state index is 14.0. The summed E-state index contributed by atoms with van der Waals surface area (Å²) >= 11 is 1.35. The Hall–Kier alpha value is -4.58. The summed E-state index contributed by atoms with van der Waals surface area (Å²) in [6, 6.07) is 19.7. The number of nitrogens with zero attached hydrogens (tertiary/aromatic N) is 4. The van der Waals surface area contributed by atoms with Crippen LogP contribution in [0.25, 0.3) is 16.7 Å². The van der Waals surface area contributed by atoms with Gasteiger partial charge in [-0.15, -0.1) is 0 Å². The van der Waals surface area contributed by atoms with Gasteiger partial charge in [0.2, 0.25) is 5.95 Å². The zero-order valence-electron chi connectivity index (χ0n) is 22.3. The molecule has 214 valence electrons. The lowest BCUT2D eigenvalue weighted by molar-refractivity contribution is -0.137. The molecule has 1 aliphatic rings. The van der Waals surface area contributed by atoms with Gasteiger partial charge in [-0.3, -0.25) is 9.36 Å². The summed E-state index contributed by atoms with van der Waals surface area (Å²) in [6.07, 6.45) is -4.02. The number of fused-ring (bicyclic) bond motifs is 2. The minimum absolute atomic E-state index is 0.191. The third-order valence-electron chi connectivity index (χ3n) is 7.09. The van der Waals surface area contributed by atoms with Crippen LogP contribution in [-0.2, 0) is 29.6 Å². The van der Waals surface area contributed by atoms with Crippen molar-refractivity contribution in [3.63, 3.8) is 0 Å². The number of carbonyl (C=O) groups excluding carboxylic acids is 1. The number of methoxy groups -OCH3 is 1. The third-order valence-corrected chi connectivity index (χ3v) is 8.08. The van der Waals surface area contributed by atoms with Crippen LogP contribution >= 0.6 is 11.8 Å². The van der Waals surface area contributed by atoms with E-state index < -0.39 is 17.7 Å². The molecular weight excluding hydrogens is 567 g/mol. The predicted molar refractivity (Wildman–Crippen MR) is 153 cm³/mol. The van der Waals surface area contributed by atoms with Crippen molar-refractivity contribution in [3.8, 4) is 5.69 Å². The van der Waals surface area contributed by atoms with Gasteiger partial charge in [0, 0.05) is 18.7 Å². The van der Waals surface area contributed by atoms with Gasteiger partial charge in [-0.25, -0.2) is 14.8 Å². The van der Waals surface area contributed by atoms with Crippen molar-refractivity contribution in [2.75, 3.05) is 18.6 Å². The van der Waals surface area contributed by atoms with E-state index in [9.17, 15) is 22.8 Å². The van der Waals surface area contributed by atoms with Gasteiger partial charge in [0.1, 0.15) is 0 Å². The van der Waals surface area contributed by atoms with Crippen molar-refractivity contribution in [1.29, 1.82) is 0 Å². The highest BCUT2D eigenvalue weighted by molar-refractivity contribution is 7.98. The van der Waals surface area contributed by atoms with Crippen molar-refractivity contribution in [3.05, 3.63) is 111 Å². The number of hydrogen-bond donors (Lipinski definition) is 1. The summed E-state index contributed by atoms with van der Waals surface area (Å²) in [5.74, 6) is 0.331. The van der Waals surface area contributed by atoms with Gasteiger partial charge < -0.3 is 14.6 Å². The Balaban J connectivity index is 1.35. The number of hydrogen-bond acceptors (Lipinski definition) is 7. The van der Waals surface area contributed by atoms with Crippen LogP contribution < -0.4 is 10.5 Å². The van der Waals surface area contributed by atoms with Crippen LogP contribution in [0.4, 0.5) is 19.1 Å². The average Bonchev–Trinajstić information content (AvgIpc) is 3.43. The zero-order chi connectivity index (χ0) is 29.4. The van der Waals surface area contributed by atoms with Gasteiger partial charge in [-0.1, -0.05) is 48.2 Å². The Kier molecular flexibility index (Phi) is 7.23. The summed E-state index contributed by atoms with van der Waals surface area (Å²) in [5, 5.41) is 0.487. The van der Waals surface area contributed by atoms with Gasteiger partial charge in [0.15, 0.2) is 5.16 Å². The summed E-state index contributed by atoms with van der Waals surface area (Å²) in [7, 11) is 1.33. The van der Waals surface area contributed by atoms with E-state index >= 15 is 0 Å². The smallest absolute Gasteiger partial charge is 0.416 e. The van der Waals surface area contributed by atoms with Crippen LogP contribution in [0.5, 0.6) is 0 Å². The minimum atomic E-state index is -4.46. The lowest BCUT2D eigenvalue weighted by Crippen LogP contribution is -2.38. The highest BCUT2D eigenvalue weighted by Crippen LogP contribution is 2.32. The molecule has 42 heavy (non-hydrogen) atoms. The average molecular weight is 592 g/mol. The number of H-pyrrole nitrogens is 1. The van der Waals surface area contributed by atoms with Gasteiger partial charge in [-0.2, -0.15) is 13.2 Å². The molecule has 0 bridgehead atoms. The molecule has 0 unspecified atom stereocenters. The molecule has 12 heteroatoms. The molecule has 1 aliphatic heterocycles. The van der Waals surface area contributed by atoms with Crippen LogP contribution in [0.3, 0.4) is 0 Å². The van der Waals surface area contributed by atoms with Gasteiger partial charge in [0.05, 0.1) is 52.8 Å². The van der Waals surface area contributed by atoms with Crippen LogP contribution in [0.2, 0.25) is 0 Å². The molecule has 1 N–H and O–H groups in total. The van der Waals surface area contributed by atoms with Gasteiger partial charge in [0.25, 0.3) is 5.56 Å². The fraction of sp³-hybridized carbons (Fsp3) is 0.200. The van der Waals surface area contributed by atoms with E-state index in [1.54, 1.807) is 16.7 Å². The van der Waals surface area contributed by atoms with Crippen molar-refractivity contribution in [1.82, 2.24) is 19.5 Å². The molecule has 8 nitrogen and oxygen atoms in total. The third kappa shape index (κ3) is 5.25. The minimum Gasteiger partial charge on any atom is -0.465 e. The molecule has 2 aromatic heterocycles. The van der Waals surface area contributed by atoms with Crippen molar-refractivity contribution < 1.29 is 22.7 Å². The summed E-state index contributed by atoms with van der Waals surface area (Å²) in [5.41, 5.74) is 2.66. The number of aromatic nitrogens is 4. The zero-order valence-corrected chi connectivity index (χ0v) is 23.1. The van der Waals surface area contributed by atoms with E-state index in [4.69, 9.17) is 9.72 Å². The first kappa shape index (κ1) is 27.6. The molecule has 3 aromatic carbocycles. The van der Waals surface area contributed by atoms with Crippen molar-refractivity contribution in [2.45, 2.75) is 30.1 Å². The highest BCUT2D eigenvalue weighted by atomic mass is 32.2. The molecule has 0 fully saturated rings. The largest absolute Gasteiger partial charge is 0.465 e. The van der Waals surface area contributed by atoms with E-state index in [0.29, 0.717) is 57.8 Å². The Morgan fingerprint density at radius 3 is 2.57 bits per heavy atom. The van der Waals surface area contributed by atoms with Crippen molar-refractivity contribution in [2.24, 2.45) is 0 Å². The van der Waals surface area contributed by atoms with E-state index in [2.05, 4.69) is 9.97 Å². The highest BCUT2D eigenvalue weighted by Gasteiger charge is 2.31. The standard InChI is InChI=1S/C30H24F3N5O3S/c1-41-27(40)21-10-6-5-7-18(21)17-42-29-36-23-13-14-37(16-22(23)26(39)38(29)20-8-3-2-4-9-20)28-34-24-12-11-19(30(31,32)33)15-25(24)35-28/h2-12,15H,13-14,16-17H2,1H3,(H,34,35). The molecule has 0 radical (unpaired) electrons.